The molecule has 0 unspecified atom stereocenters. The van der Waals surface area contributed by atoms with Crippen molar-refractivity contribution in [2.75, 3.05) is 12.4 Å². The highest BCUT2D eigenvalue weighted by Crippen LogP contribution is 2.30. The van der Waals surface area contributed by atoms with Crippen molar-refractivity contribution < 1.29 is 37.0 Å². The number of ether oxygens (including phenoxy) is 3. The van der Waals surface area contributed by atoms with Gasteiger partial charge in [0.15, 0.2) is 5.82 Å². The number of hydrogen-bond donors (Lipinski definition) is 1. The lowest BCUT2D eigenvalue weighted by Crippen LogP contribution is -2.27. The molecule has 0 aliphatic carbocycles. The lowest BCUT2D eigenvalue weighted by atomic mass is 10.00. The van der Waals surface area contributed by atoms with Gasteiger partial charge in [-0.2, -0.15) is 0 Å². The molecule has 0 fully saturated rings. The third-order valence-corrected chi connectivity index (χ3v) is 4.69. The van der Waals surface area contributed by atoms with Crippen LogP contribution in [0.25, 0.3) is 17.1 Å². The summed E-state index contributed by atoms with van der Waals surface area (Å²) in [5, 5.41) is 7.13. The van der Waals surface area contributed by atoms with Crippen molar-refractivity contribution in [1.82, 2.24) is 14.8 Å². The zero-order valence-electron chi connectivity index (χ0n) is 20.0. The highest BCUT2D eigenvalue weighted by atomic mass is 19.4. The van der Waals surface area contributed by atoms with Gasteiger partial charge >= 0.3 is 18.4 Å². The van der Waals surface area contributed by atoms with Crippen LogP contribution < -0.4 is 10.1 Å². The van der Waals surface area contributed by atoms with E-state index < -0.39 is 24.0 Å². The molecule has 12 heteroatoms. The van der Waals surface area contributed by atoms with Gasteiger partial charge in [-0.25, -0.2) is 14.5 Å². The Morgan fingerprint density at radius 2 is 1.75 bits per heavy atom. The van der Waals surface area contributed by atoms with Crippen LogP contribution in [0.4, 0.5) is 23.7 Å². The number of nitrogens with one attached hydrogen (secondary N) is 1. The van der Waals surface area contributed by atoms with E-state index in [1.165, 1.54) is 30.3 Å². The van der Waals surface area contributed by atoms with Crippen molar-refractivity contribution in [3.8, 4) is 22.8 Å². The van der Waals surface area contributed by atoms with E-state index in [0.717, 1.165) is 12.1 Å². The van der Waals surface area contributed by atoms with Gasteiger partial charge in [-0.05, 0) is 63.1 Å². The fourth-order valence-corrected chi connectivity index (χ4v) is 3.24. The molecular weight excluding hydrogens is 481 g/mol. The first kappa shape index (κ1) is 26.5. The lowest BCUT2D eigenvalue weighted by Gasteiger charge is -2.21. The normalized spacial score (nSPS) is 11.6. The van der Waals surface area contributed by atoms with Crippen molar-refractivity contribution in [3.05, 3.63) is 54.4 Å². The Hall–Kier alpha value is -4.09. The molecule has 0 bridgehead atoms. The largest absolute Gasteiger partial charge is 0.573 e. The van der Waals surface area contributed by atoms with Crippen LogP contribution in [0, 0.1) is 0 Å². The number of benzene rings is 2. The number of hydrogen-bond acceptors (Lipinski definition) is 7. The molecule has 0 saturated carbocycles. The molecule has 3 rings (SSSR count). The van der Waals surface area contributed by atoms with E-state index in [-0.39, 0.29) is 24.4 Å². The van der Waals surface area contributed by atoms with Crippen LogP contribution in [0.3, 0.4) is 0 Å². The number of rotatable bonds is 7. The van der Waals surface area contributed by atoms with Crippen LogP contribution in [0.5, 0.6) is 5.75 Å². The molecule has 3 aromatic rings. The zero-order chi connectivity index (χ0) is 26.5. The Morgan fingerprint density at radius 1 is 1.06 bits per heavy atom. The first-order valence-electron chi connectivity index (χ1n) is 10.8. The van der Waals surface area contributed by atoms with Crippen molar-refractivity contribution in [2.24, 2.45) is 0 Å². The van der Waals surface area contributed by atoms with Gasteiger partial charge in [0, 0.05) is 17.7 Å². The molecule has 1 amide bonds. The van der Waals surface area contributed by atoms with Gasteiger partial charge in [0.2, 0.25) is 0 Å². The number of carbonyl (C=O) groups is 2. The van der Waals surface area contributed by atoms with Gasteiger partial charge in [0.1, 0.15) is 17.7 Å². The molecule has 192 valence electrons. The zero-order valence-corrected chi connectivity index (χ0v) is 20.0. The molecule has 0 spiro atoms. The number of halogens is 3. The summed E-state index contributed by atoms with van der Waals surface area (Å²) in [6, 6.07) is 10.2. The number of nitrogens with zero attached hydrogens (tertiary/aromatic N) is 3. The van der Waals surface area contributed by atoms with E-state index in [2.05, 4.69) is 20.1 Å². The minimum absolute atomic E-state index is 0.0396. The van der Waals surface area contributed by atoms with E-state index in [4.69, 9.17) is 9.47 Å². The fourth-order valence-electron chi connectivity index (χ4n) is 3.24. The Morgan fingerprint density at radius 3 is 2.36 bits per heavy atom. The van der Waals surface area contributed by atoms with Gasteiger partial charge in [-0.3, -0.25) is 10.1 Å². The summed E-state index contributed by atoms with van der Waals surface area (Å²) in [6.45, 7) is 5.21. The molecular formula is C24H25F3N4O5. The number of carbonyl (C=O) groups excluding carboxylic acids is 2. The smallest absolute Gasteiger partial charge is 0.469 e. The summed E-state index contributed by atoms with van der Waals surface area (Å²) < 4.78 is 52.6. The molecule has 2 aromatic carbocycles. The van der Waals surface area contributed by atoms with Crippen molar-refractivity contribution >= 4 is 17.7 Å². The van der Waals surface area contributed by atoms with Crippen LogP contribution in [-0.2, 0) is 20.7 Å². The summed E-state index contributed by atoms with van der Waals surface area (Å²) >= 11 is 0. The molecule has 1 heterocycles. The first-order chi connectivity index (χ1) is 16.8. The number of esters is 1. The van der Waals surface area contributed by atoms with E-state index >= 15 is 0 Å². The monoisotopic (exact) mass is 506 g/mol. The van der Waals surface area contributed by atoms with E-state index in [0.29, 0.717) is 22.5 Å². The molecule has 1 N–H and O–H groups in total. The Labute approximate surface area is 205 Å². The minimum Gasteiger partial charge on any atom is -0.469 e. The first-order valence-corrected chi connectivity index (χ1v) is 10.8. The quantitative estimate of drug-likeness (QED) is 0.435. The van der Waals surface area contributed by atoms with Crippen LogP contribution in [0.1, 0.15) is 32.8 Å². The van der Waals surface area contributed by atoms with Crippen LogP contribution in [0.15, 0.2) is 48.8 Å². The molecule has 0 saturated heterocycles. The maximum Gasteiger partial charge on any atom is 0.573 e. The molecule has 36 heavy (non-hydrogen) atoms. The van der Waals surface area contributed by atoms with E-state index in [1.54, 1.807) is 39.0 Å². The van der Waals surface area contributed by atoms with Gasteiger partial charge < -0.3 is 14.2 Å². The summed E-state index contributed by atoms with van der Waals surface area (Å²) in [4.78, 5) is 28.5. The van der Waals surface area contributed by atoms with Gasteiger partial charge in [0.05, 0.1) is 12.8 Å². The van der Waals surface area contributed by atoms with Gasteiger partial charge in [-0.1, -0.05) is 12.1 Å². The SMILES string of the molecule is COC(=O)CCc1c(NC(=O)OC(C)(C)C)cccc1-c1ncn(-c2ccc(OC(F)(F)F)cc2)n1. The Kier molecular flexibility index (Phi) is 7.86. The van der Waals surface area contributed by atoms with E-state index in [1.807, 2.05) is 0 Å². The van der Waals surface area contributed by atoms with Gasteiger partial charge in [-0.15, -0.1) is 18.3 Å². The molecule has 0 radical (unpaired) electrons. The van der Waals surface area contributed by atoms with E-state index in [9.17, 15) is 22.8 Å². The van der Waals surface area contributed by atoms with Crippen molar-refractivity contribution in [1.29, 1.82) is 0 Å². The molecule has 0 aliphatic rings. The second-order valence-electron chi connectivity index (χ2n) is 8.59. The molecule has 0 atom stereocenters. The highest BCUT2D eigenvalue weighted by Gasteiger charge is 2.31. The maximum absolute atomic E-state index is 12.4. The molecule has 1 aromatic heterocycles. The van der Waals surface area contributed by atoms with Crippen LogP contribution in [0.2, 0.25) is 0 Å². The number of methoxy groups -OCH3 is 1. The van der Waals surface area contributed by atoms with Crippen LogP contribution in [-0.4, -0.2) is 45.9 Å². The maximum atomic E-state index is 12.4. The second-order valence-corrected chi connectivity index (χ2v) is 8.59. The fraction of sp³-hybridized carbons (Fsp3) is 0.333. The summed E-state index contributed by atoms with van der Waals surface area (Å²) in [7, 11) is 1.28. The third kappa shape index (κ3) is 7.45. The second kappa shape index (κ2) is 10.7. The minimum atomic E-state index is -4.79. The predicted molar refractivity (Wildman–Crippen MR) is 124 cm³/mol. The summed E-state index contributed by atoms with van der Waals surface area (Å²) in [5.74, 6) is -0.524. The topological polar surface area (TPSA) is 105 Å². The molecule has 0 aliphatic heterocycles. The third-order valence-electron chi connectivity index (χ3n) is 4.69. The summed E-state index contributed by atoms with van der Waals surface area (Å²) in [5.41, 5.74) is 1.27. The number of aromatic nitrogens is 3. The van der Waals surface area contributed by atoms with Crippen molar-refractivity contribution in [2.45, 2.75) is 45.6 Å². The number of anilines is 1. The molecule has 9 nitrogen and oxygen atoms in total. The number of alkyl halides is 3. The number of amides is 1. The average Bonchev–Trinajstić information content (AvgIpc) is 3.26. The lowest BCUT2D eigenvalue weighted by molar-refractivity contribution is -0.274. The highest BCUT2D eigenvalue weighted by molar-refractivity contribution is 5.88. The summed E-state index contributed by atoms with van der Waals surface area (Å²) in [6.07, 6.45) is -3.81. The van der Waals surface area contributed by atoms with Crippen LogP contribution >= 0.6 is 0 Å². The Bertz CT molecular complexity index is 1220. The van der Waals surface area contributed by atoms with Gasteiger partial charge in [0.25, 0.3) is 0 Å². The Balaban J connectivity index is 1.92. The van der Waals surface area contributed by atoms with Crippen molar-refractivity contribution in [3.63, 3.8) is 0 Å². The average molecular weight is 506 g/mol. The predicted octanol–water partition coefficient (Wildman–Crippen LogP) is 5.29. The standard InChI is InChI=1S/C24H25F3N4O5/c1-23(2,3)36-22(33)29-19-7-5-6-18(17(19)12-13-20(32)34-4)21-28-14-31(30-21)15-8-10-16(11-9-15)35-24(25,26)27/h5-11,14H,12-13H2,1-4H3,(H,29,33).